The molecule has 2 radical (unpaired) electrons. The van der Waals surface area contributed by atoms with Gasteiger partial charge in [-0.15, -0.1) is 0 Å². The number of hydrogen-bond donors (Lipinski definition) is 0. The first-order valence-corrected chi connectivity index (χ1v) is 4.72. The van der Waals surface area contributed by atoms with Crippen molar-refractivity contribution in [3.63, 3.8) is 0 Å². The second-order valence-corrected chi connectivity index (χ2v) is 3.74. The smallest absolute Gasteiger partial charge is 0.124 e. The topological polar surface area (TPSA) is 9.23 Å². The van der Waals surface area contributed by atoms with Crippen molar-refractivity contribution in [1.82, 2.24) is 0 Å². The molecule has 14 heavy (non-hydrogen) atoms. The Bertz CT molecular complexity index is 324. The minimum atomic E-state index is -0.315. The van der Waals surface area contributed by atoms with Crippen molar-refractivity contribution < 1.29 is 4.74 Å². The second-order valence-electron chi connectivity index (χ2n) is 3.74. The molecule has 1 heteroatoms. The molecule has 0 saturated heterocycles. The van der Waals surface area contributed by atoms with Crippen LogP contribution in [0.2, 0.25) is 0 Å². The minimum Gasteiger partial charge on any atom is -0.484 e. The molecule has 1 aromatic rings. The maximum atomic E-state index is 5.77. The van der Waals surface area contributed by atoms with Crippen LogP contribution < -0.4 is 4.74 Å². The van der Waals surface area contributed by atoms with E-state index in [0.29, 0.717) is 5.56 Å². The van der Waals surface area contributed by atoms with Gasteiger partial charge in [-0.2, -0.15) is 0 Å². The molecule has 0 bridgehead atoms. The lowest BCUT2D eigenvalue weighted by molar-refractivity contribution is 0.161. The molecule has 0 aliphatic heterocycles. The highest BCUT2D eigenvalue weighted by Crippen LogP contribution is 2.22. The van der Waals surface area contributed by atoms with Crippen LogP contribution in [0.3, 0.4) is 0 Å². The molecule has 0 fully saturated rings. The SMILES string of the molecule is [CH]c1ccccc1OC(C)(C)/C=C\C. The molecule has 0 aliphatic rings. The summed E-state index contributed by atoms with van der Waals surface area (Å²) >= 11 is 0. The molecule has 0 amide bonds. The van der Waals surface area contributed by atoms with Gasteiger partial charge in [0, 0.05) is 6.92 Å². The Hall–Kier alpha value is -1.24. The lowest BCUT2D eigenvalue weighted by Gasteiger charge is -2.23. The van der Waals surface area contributed by atoms with E-state index in [4.69, 9.17) is 11.7 Å². The molecule has 1 rings (SSSR count). The van der Waals surface area contributed by atoms with Crippen molar-refractivity contribution in [1.29, 1.82) is 0 Å². The van der Waals surface area contributed by atoms with Crippen LogP contribution in [0.1, 0.15) is 26.3 Å². The first-order chi connectivity index (χ1) is 6.55. The van der Waals surface area contributed by atoms with Gasteiger partial charge in [0.15, 0.2) is 0 Å². The van der Waals surface area contributed by atoms with Crippen molar-refractivity contribution in [2.24, 2.45) is 0 Å². The van der Waals surface area contributed by atoms with E-state index in [9.17, 15) is 0 Å². The van der Waals surface area contributed by atoms with Crippen LogP contribution in [-0.2, 0) is 0 Å². The van der Waals surface area contributed by atoms with E-state index in [1.54, 1.807) is 0 Å². The van der Waals surface area contributed by atoms with E-state index in [2.05, 4.69) is 0 Å². The van der Waals surface area contributed by atoms with Gasteiger partial charge in [0.25, 0.3) is 0 Å². The predicted molar refractivity (Wildman–Crippen MR) is 59.4 cm³/mol. The first kappa shape index (κ1) is 10.8. The molecule has 0 saturated carbocycles. The van der Waals surface area contributed by atoms with E-state index < -0.39 is 0 Å². The summed E-state index contributed by atoms with van der Waals surface area (Å²) in [5.74, 6) is 0.732. The van der Waals surface area contributed by atoms with Crippen LogP contribution in [-0.4, -0.2) is 5.60 Å². The monoisotopic (exact) mass is 188 g/mol. The van der Waals surface area contributed by atoms with Gasteiger partial charge >= 0.3 is 0 Å². The van der Waals surface area contributed by atoms with Gasteiger partial charge in [-0.05, 0) is 38.5 Å². The lowest BCUT2D eigenvalue weighted by atomic mass is 10.1. The fourth-order valence-electron chi connectivity index (χ4n) is 1.29. The third-order valence-electron chi connectivity index (χ3n) is 1.86. The van der Waals surface area contributed by atoms with Gasteiger partial charge in [0.05, 0.1) is 0 Å². The molecule has 0 aliphatic carbocycles. The van der Waals surface area contributed by atoms with Crippen LogP contribution in [0, 0.1) is 6.92 Å². The molecule has 0 spiro atoms. The molecule has 0 atom stereocenters. The summed E-state index contributed by atoms with van der Waals surface area (Å²) in [6, 6.07) is 7.52. The number of rotatable bonds is 3. The zero-order chi connectivity index (χ0) is 10.6. The first-order valence-electron chi connectivity index (χ1n) is 4.72. The summed E-state index contributed by atoms with van der Waals surface area (Å²) in [5.41, 5.74) is 0.356. The van der Waals surface area contributed by atoms with Crippen molar-refractivity contribution in [3.8, 4) is 5.75 Å². The van der Waals surface area contributed by atoms with E-state index in [-0.39, 0.29) is 5.60 Å². The van der Waals surface area contributed by atoms with Crippen LogP contribution >= 0.6 is 0 Å². The fourth-order valence-corrected chi connectivity index (χ4v) is 1.29. The summed E-state index contributed by atoms with van der Waals surface area (Å²) in [6.07, 6.45) is 3.97. The largest absolute Gasteiger partial charge is 0.484 e. The minimum absolute atomic E-state index is 0.315. The van der Waals surface area contributed by atoms with Gasteiger partial charge in [0.1, 0.15) is 11.4 Å². The maximum Gasteiger partial charge on any atom is 0.124 e. The van der Waals surface area contributed by atoms with Crippen molar-refractivity contribution in [3.05, 3.63) is 48.9 Å². The van der Waals surface area contributed by atoms with Gasteiger partial charge in [-0.25, -0.2) is 0 Å². The van der Waals surface area contributed by atoms with Crippen LogP contribution in [0.4, 0.5) is 0 Å². The van der Waals surface area contributed by atoms with E-state index in [1.165, 1.54) is 0 Å². The highest BCUT2D eigenvalue weighted by atomic mass is 16.5. The Labute approximate surface area is 86.4 Å². The normalized spacial score (nSPS) is 12.0. The number of allylic oxidation sites excluding steroid dienone is 1. The van der Waals surface area contributed by atoms with Gasteiger partial charge in [-0.3, -0.25) is 0 Å². The number of benzene rings is 1. The Balaban J connectivity index is 2.83. The maximum absolute atomic E-state index is 5.77. The standard InChI is InChI=1S/C13H16O/c1-5-10-13(3,4)14-12-9-7-6-8-11(12)2/h2,5-10H,1,3-4H3/b10-5-. The quantitative estimate of drug-likeness (QED) is 0.660. The second kappa shape index (κ2) is 4.32. The van der Waals surface area contributed by atoms with Crippen molar-refractivity contribution in [2.45, 2.75) is 26.4 Å². The molecule has 0 aromatic heterocycles. The Morgan fingerprint density at radius 2 is 1.93 bits per heavy atom. The summed E-state index contributed by atoms with van der Waals surface area (Å²) in [6.45, 7) is 11.7. The third-order valence-corrected chi connectivity index (χ3v) is 1.86. The summed E-state index contributed by atoms with van der Waals surface area (Å²) < 4.78 is 5.76. The highest BCUT2D eigenvalue weighted by molar-refractivity contribution is 5.36. The molecule has 0 heterocycles. The molecular weight excluding hydrogens is 172 g/mol. The van der Waals surface area contributed by atoms with Crippen molar-refractivity contribution in [2.75, 3.05) is 0 Å². The van der Waals surface area contributed by atoms with E-state index >= 15 is 0 Å². The third kappa shape index (κ3) is 2.91. The summed E-state index contributed by atoms with van der Waals surface area (Å²) in [4.78, 5) is 0. The van der Waals surface area contributed by atoms with Gasteiger partial charge in [0.2, 0.25) is 0 Å². The summed E-state index contributed by atoms with van der Waals surface area (Å²) in [7, 11) is 0. The Morgan fingerprint density at radius 1 is 1.29 bits per heavy atom. The van der Waals surface area contributed by atoms with E-state index in [1.807, 2.05) is 57.2 Å². The number of ether oxygens (including phenoxy) is 1. The average Bonchev–Trinajstić information content (AvgIpc) is 2.08. The lowest BCUT2D eigenvalue weighted by Crippen LogP contribution is -2.25. The summed E-state index contributed by atoms with van der Waals surface area (Å²) in [5, 5.41) is 0. The Morgan fingerprint density at radius 3 is 2.50 bits per heavy atom. The molecule has 1 aromatic carbocycles. The molecular formula is C13H16O. The predicted octanol–water partition coefficient (Wildman–Crippen LogP) is 3.48. The van der Waals surface area contributed by atoms with Crippen molar-refractivity contribution >= 4 is 0 Å². The van der Waals surface area contributed by atoms with Gasteiger partial charge < -0.3 is 4.74 Å². The zero-order valence-electron chi connectivity index (χ0n) is 8.95. The molecule has 0 unspecified atom stereocenters. The average molecular weight is 188 g/mol. The molecule has 1 nitrogen and oxygen atoms in total. The Kier molecular flexibility index (Phi) is 3.34. The highest BCUT2D eigenvalue weighted by Gasteiger charge is 2.15. The molecule has 0 N–H and O–H groups in total. The fraction of sp³-hybridized carbons (Fsp3) is 0.308. The van der Waals surface area contributed by atoms with Crippen LogP contribution in [0.15, 0.2) is 36.4 Å². The van der Waals surface area contributed by atoms with Gasteiger partial charge in [-0.1, -0.05) is 24.3 Å². The van der Waals surface area contributed by atoms with Crippen LogP contribution in [0.5, 0.6) is 5.75 Å². The number of para-hydroxylation sites is 1. The van der Waals surface area contributed by atoms with Crippen LogP contribution in [0.25, 0.3) is 0 Å². The van der Waals surface area contributed by atoms with E-state index in [0.717, 1.165) is 5.75 Å². The number of hydrogen-bond acceptors (Lipinski definition) is 1. The molecule has 74 valence electrons. The zero-order valence-corrected chi connectivity index (χ0v) is 8.95.